The van der Waals surface area contributed by atoms with Crippen molar-refractivity contribution in [3.8, 4) is 0 Å². The second-order valence-electron chi connectivity index (χ2n) is 2.67. The van der Waals surface area contributed by atoms with Gasteiger partial charge >= 0.3 is 0 Å². The molecular weight excluding hydrogens is 118 g/mol. The molecule has 1 heterocycles. The van der Waals surface area contributed by atoms with Crippen LogP contribution in [0.4, 0.5) is 0 Å². The molecule has 0 radical (unpaired) electrons. The summed E-state index contributed by atoms with van der Waals surface area (Å²) >= 11 is 0. The van der Waals surface area contributed by atoms with Gasteiger partial charge in [0.2, 0.25) is 0 Å². The second kappa shape index (κ2) is 2.25. The molecule has 2 atom stereocenters. The second-order valence-corrected chi connectivity index (χ2v) is 2.67. The maximum absolute atomic E-state index is 8.84. The number of methoxy groups -OCH3 is 1. The van der Waals surface area contributed by atoms with Crippen LogP contribution in [-0.2, 0) is 4.74 Å². The summed E-state index contributed by atoms with van der Waals surface area (Å²) in [7, 11) is 3.64. The van der Waals surface area contributed by atoms with Gasteiger partial charge in [-0.05, 0) is 7.05 Å². The normalized spacial score (nSPS) is 41.0. The molecule has 0 bridgehead atoms. The first-order chi connectivity index (χ1) is 4.25. The highest BCUT2D eigenvalue weighted by atomic mass is 16.5. The van der Waals surface area contributed by atoms with Crippen LogP contribution < -0.4 is 0 Å². The van der Waals surface area contributed by atoms with Crippen molar-refractivity contribution in [3.63, 3.8) is 0 Å². The molecule has 0 saturated carbocycles. The summed E-state index contributed by atoms with van der Waals surface area (Å²) in [6.45, 7) is 1.80. The van der Waals surface area contributed by atoms with E-state index >= 15 is 0 Å². The quantitative estimate of drug-likeness (QED) is 0.514. The van der Waals surface area contributed by atoms with Gasteiger partial charge in [-0.15, -0.1) is 0 Å². The third kappa shape index (κ3) is 1.08. The molecule has 0 aromatic rings. The number of hydrogen-bond acceptors (Lipinski definition) is 3. The van der Waals surface area contributed by atoms with Gasteiger partial charge in [-0.1, -0.05) is 0 Å². The molecule has 2 unspecified atom stereocenters. The van der Waals surface area contributed by atoms with Gasteiger partial charge in [-0.25, -0.2) is 0 Å². The molecular formula is C6H13NO2. The molecule has 0 aromatic heterocycles. The first kappa shape index (κ1) is 6.99. The van der Waals surface area contributed by atoms with Crippen molar-refractivity contribution in [1.29, 1.82) is 0 Å². The first-order valence-electron chi connectivity index (χ1n) is 3.06. The number of hydrogen-bond donors (Lipinski definition) is 1. The minimum absolute atomic E-state index is 0.0330. The van der Waals surface area contributed by atoms with E-state index in [1.807, 2.05) is 7.05 Å². The van der Waals surface area contributed by atoms with Crippen molar-refractivity contribution >= 4 is 0 Å². The van der Waals surface area contributed by atoms with E-state index in [9.17, 15) is 0 Å². The molecule has 1 saturated heterocycles. The highest BCUT2D eigenvalue weighted by molar-refractivity contribution is 5.04. The maximum atomic E-state index is 8.84. The lowest BCUT2D eigenvalue weighted by atomic mass is 10.2. The van der Waals surface area contributed by atoms with Crippen molar-refractivity contribution in [2.75, 3.05) is 33.9 Å². The minimum atomic E-state index is -0.0330. The van der Waals surface area contributed by atoms with Crippen LogP contribution in [0.25, 0.3) is 0 Å². The zero-order chi connectivity index (χ0) is 6.91. The Morgan fingerprint density at radius 3 is 2.44 bits per heavy atom. The van der Waals surface area contributed by atoms with Crippen LogP contribution in [-0.4, -0.2) is 49.5 Å². The van der Waals surface area contributed by atoms with Gasteiger partial charge in [-0.2, -0.15) is 0 Å². The summed E-state index contributed by atoms with van der Waals surface area (Å²) < 4.78 is 4.93. The number of ether oxygens (including phenoxy) is 1. The molecule has 0 aliphatic carbocycles. The summed E-state index contributed by atoms with van der Waals surface area (Å²) in [6.07, 6.45) is 0. The lowest BCUT2D eigenvalue weighted by Crippen LogP contribution is -2.27. The monoisotopic (exact) mass is 131 g/mol. The van der Waals surface area contributed by atoms with Crippen LogP contribution in [0.2, 0.25) is 0 Å². The predicted octanol–water partition coefficient (Wildman–Crippen LogP) is -0.691. The molecule has 0 amide bonds. The van der Waals surface area contributed by atoms with Crippen molar-refractivity contribution in [3.05, 3.63) is 0 Å². The lowest BCUT2D eigenvalue weighted by Gasteiger charge is -2.09. The molecule has 1 aliphatic rings. The zero-order valence-corrected chi connectivity index (χ0v) is 5.92. The minimum Gasteiger partial charge on any atom is -0.394 e. The van der Waals surface area contributed by atoms with Crippen LogP contribution in [0.5, 0.6) is 0 Å². The lowest BCUT2D eigenvalue weighted by molar-refractivity contribution is 0.111. The fraction of sp³-hybridized carbons (Fsp3) is 1.00. The highest BCUT2D eigenvalue weighted by Gasteiger charge is 2.48. The third-order valence-electron chi connectivity index (χ3n) is 1.95. The van der Waals surface area contributed by atoms with E-state index in [0.717, 1.165) is 6.54 Å². The van der Waals surface area contributed by atoms with E-state index in [0.29, 0.717) is 6.61 Å². The average molecular weight is 131 g/mol. The van der Waals surface area contributed by atoms with Crippen molar-refractivity contribution in [1.82, 2.24) is 4.90 Å². The van der Waals surface area contributed by atoms with Gasteiger partial charge in [0.1, 0.15) is 0 Å². The average Bonchev–Trinajstić information content (AvgIpc) is 2.45. The standard InChI is InChI=1S/C6H13NO2/c1-7-3-6(7,4-8)5-9-2/h8H,3-5H2,1-2H3. The Kier molecular flexibility index (Phi) is 1.75. The van der Waals surface area contributed by atoms with Crippen molar-refractivity contribution < 1.29 is 9.84 Å². The molecule has 1 rings (SSSR count). The van der Waals surface area contributed by atoms with Gasteiger partial charge in [0.05, 0.1) is 18.8 Å². The van der Waals surface area contributed by atoms with Crippen molar-refractivity contribution in [2.45, 2.75) is 5.54 Å². The molecule has 0 aromatic carbocycles. The van der Waals surface area contributed by atoms with E-state index in [-0.39, 0.29) is 12.1 Å². The smallest absolute Gasteiger partial charge is 0.0802 e. The number of likely N-dealkylation sites (N-methyl/N-ethyl adjacent to an activating group) is 1. The van der Waals surface area contributed by atoms with Gasteiger partial charge in [0.25, 0.3) is 0 Å². The van der Waals surface area contributed by atoms with Gasteiger partial charge in [0, 0.05) is 13.7 Å². The Hall–Kier alpha value is -0.120. The van der Waals surface area contributed by atoms with Crippen molar-refractivity contribution in [2.24, 2.45) is 0 Å². The zero-order valence-electron chi connectivity index (χ0n) is 5.92. The van der Waals surface area contributed by atoms with Crippen LogP contribution in [0.1, 0.15) is 0 Å². The Balaban J connectivity index is 2.33. The van der Waals surface area contributed by atoms with Crippen LogP contribution >= 0.6 is 0 Å². The third-order valence-corrected chi connectivity index (χ3v) is 1.95. The molecule has 1 fully saturated rings. The van der Waals surface area contributed by atoms with E-state index in [4.69, 9.17) is 9.84 Å². The van der Waals surface area contributed by atoms with E-state index in [1.165, 1.54) is 0 Å². The maximum Gasteiger partial charge on any atom is 0.0802 e. The summed E-state index contributed by atoms with van der Waals surface area (Å²) in [5.41, 5.74) is -0.0330. The van der Waals surface area contributed by atoms with E-state index in [2.05, 4.69) is 4.90 Å². The topological polar surface area (TPSA) is 32.5 Å². The number of aliphatic hydroxyl groups excluding tert-OH is 1. The van der Waals surface area contributed by atoms with E-state index in [1.54, 1.807) is 7.11 Å². The predicted molar refractivity (Wildman–Crippen MR) is 34.3 cm³/mol. The van der Waals surface area contributed by atoms with Crippen LogP contribution in [0.15, 0.2) is 0 Å². The Bertz CT molecular complexity index is 103. The number of aliphatic hydroxyl groups is 1. The summed E-state index contributed by atoms with van der Waals surface area (Å²) in [4.78, 5) is 2.08. The summed E-state index contributed by atoms with van der Waals surface area (Å²) in [5.74, 6) is 0. The Morgan fingerprint density at radius 1 is 1.78 bits per heavy atom. The van der Waals surface area contributed by atoms with Gasteiger partial charge < -0.3 is 9.84 Å². The molecule has 1 aliphatic heterocycles. The first-order valence-corrected chi connectivity index (χ1v) is 3.06. The number of nitrogens with zero attached hydrogens (tertiary/aromatic N) is 1. The largest absolute Gasteiger partial charge is 0.394 e. The molecule has 3 heteroatoms. The Labute approximate surface area is 55.2 Å². The van der Waals surface area contributed by atoms with E-state index < -0.39 is 0 Å². The van der Waals surface area contributed by atoms with Crippen LogP contribution in [0.3, 0.4) is 0 Å². The summed E-state index contributed by atoms with van der Waals surface area (Å²) in [5, 5.41) is 8.84. The molecule has 54 valence electrons. The summed E-state index contributed by atoms with van der Waals surface area (Å²) in [6, 6.07) is 0. The molecule has 0 spiro atoms. The molecule has 9 heavy (non-hydrogen) atoms. The van der Waals surface area contributed by atoms with Crippen LogP contribution in [0, 0.1) is 0 Å². The highest BCUT2D eigenvalue weighted by Crippen LogP contribution is 2.28. The SMILES string of the molecule is COCC1(CO)CN1C. The van der Waals surface area contributed by atoms with Gasteiger partial charge in [-0.3, -0.25) is 4.90 Å². The number of rotatable bonds is 3. The van der Waals surface area contributed by atoms with Gasteiger partial charge in [0.15, 0.2) is 0 Å². The fourth-order valence-electron chi connectivity index (χ4n) is 1.05. The molecule has 3 nitrogen and oxygen atoms in total. The Morgan fingerprint density at radius 2 is 2.33 bits per heavy atom. The fourth-order valence-corrected chi connectivity index (χ4v) is 1.05. The molecule has 1 N–H and O–H groups in total.